The van der Waals surface area contributed by atoms with Crippen LogP contribution in [0.25, 0.3) is 11.0 Å². The van der Waals surface area contributed by atoms with E-state index >= 15 is 0 Å². The maximum Gasteiger partial charge on any atom is 0.341 e. The van der Waals surface area contributed by atoms with E-state index in [-0.39, 0.29) is 17.6 Å². The van der Waals surface area contributed by atoms with Gasteiger partial charge in [-0.2, -0.15) is 0 Å². The molecule has 1 aliphatic carbocycles. The van der Waals surface area contributed by atoms with E-state index in [4.69, 9.17) is 16.3 Å². The van der Waals surface area contributed by atoms with Crippen molar-refractivity contribution in [3.8, 4) is 0 Å². The molecule has 9 heteroatoms. The van der Waals surface area contributed by atoms with E-state index in [2.05, 4.69) is 22.2 Å². The number of carbonyl (C=O) groups excluding carboxylic acids is 2. The first-order valence-corrected chi connectivity index (χ1v) is 12.0. The Morgan fingerprint density at radius 2 is 2.27 bits per heavy atom. The highest BCUT2D eigenvalue weighted by atomic mass is 35.5. The number of esters is 1. The highest BCUT2D eigenvalue weighted by molar-refractivity contribution is 7.99. The van der Waals surface area contributed by atoms with Crippen molar-refractivity contribution in [2.24, 2.45) is 5.92 Å². The standard InChI is InChI=1S/C21H22ClN3O3S2/c1-3-28-20(27)18-13-6-4-11(2)8-16(13)30-19(18)25-17(26)10-29-21-23-14-7-5-12(22)9-15(14)24-21/h5,7,9,11H,3-4,6,8,10H2,1-2H3,(H,23,24)(H,25,26)/t11-/m0/s1. The SMILES string of the molecule is CCOC(=O)c1c(NC(=O)CSc2nc3ccc(Cl)cc3[nH]2)sc2c1CC[C@H](C)C2. The molecule has 1 amide bonds. The first-order valence-electron chi connectivity index (χ1n) is 9.84. The molecule has 0 aliphatic heterocycles. The number of halogens is 1. The van der Waals surface area contributed by atoms with Gasteiger partial charge in [-0.3, -0.25) is 4.79 Å². The van der Waals surface area contributed by atoms with Crippen LogP contribution in [-0.4, -0.2) is 34.2 Å². The average molecular weight is 464 g/mol. The number of aromatic amines is 1. The highest BCUT2D eigenvalue weighted by Gasteiger charge is 2.29. The summed E-state index contributed by atoms with van der Waals surface area (Å²) in [6.45, 7) is 4.30. The monoisotopic (exact) mass is 463 g/mol. The summed E-state index contributed by atoms with van der Waals surface area (Å²) in [5, 5.41) is 4.80. The predicted molar refractivity (Wildman–Crippen MR) is 122 cm³/mol. The maximum atomic E-state index is 12.6. The highest BCUT2D eigenvalue weighted by Crippen LogP contribution is 2.40. The summed E-state index contributed by atoms with van der Waals surface area (Å²) in [6.07, 6.45) is 2.81. The number of hydrogen-bond acceptors (Lipinski definition) is 6. The molecule has 1 aliphatic rings. The molecular weight excluding hydrogens is 442 g/mol. The second-order valence-corrected chi connectivity index (χ2v) is 9.82. The number of rotatable bonds is 6. The van der Waals surface area contributed by atoms with E-state index in [1.165, 1.54) is 28.0 Å². The van der Waals surface area contributed by atoms with Gasteiger partial charge in [0, 0.05) is 9.90 Å². The molecule has 1 aromatic carbocycles. The van der Waals surface area contributed by atoms with Crippen molar-refractivity contribution < 1.29 is 14.3 Å². The Hall–Kier alpha value is -2.03. The van der Waals surface area contributed by atoms with E-state index < -0.39 is 0 Å². The van der Waals surface area contributed by atoms with Gasteiger partial charge in [-0.25, -0.2) is 9.78 Å². The summed E-state index contributed by atoms with van der Waals surface area (Å²) in [5.41, 5.74) is 3.19. The van der Waals surface area contributed by atoms with Crippen LogP contribution in [0.4, 0.5) is 5.00 Å². The maximum absolute atomic E-state index is 12.6. The minimum Gasteiger partial charge on any atom is -0.462 e. The number of fused-ring (bicyclic) bond motifs is 2. The largest absolute Gasteiger partial charge is 0.462 e. The summed E-state index contributed by atoms with van der Waals surface area (Å²) >= 11 is 8.81. The van der Waals surface area contributed by atoms with Gasteiger partial charge >= 0.3 is 5.97 Å². The molecule has 0 bridgehead atoms. The van der Waals surface area contributed by atoms with Crippen molar-refractivity contribution in [2.45, 2.75) is 38.3 Å². The zero-order valence-corrected chi connectivity index (χ0v) is 19.1. The molecule has 0 saturated carbocycles. The Labute approximate surface area is 187 Å². The van der Waals surface area contributed by atoms with Gasteiger partial charge in [-0.15, -0.1) is 11.3 Å². The van der Waals surface area contributed by atoms with E-state index in [0.29, 0.717) is 33.3 Å². The van der Waals surface area contributed by atoms with Crippen LogP contribution < -0.4 is 5.32 Å². The molecule has 1 atom stereocenters. The molecule has 2 aromatic heterocycles. The smallest absolute Gasteiger partial charge is 0.341 e. The third-order valence-corrected chi connectivity index (χ3v) is 7.28. The van der Waals surface area contributed by atoms with Gasteiger partial charge in [-0.05, 0) is 55.9 Å². The Morgan fingerprint density at radius 3 is 3.07 bits per heavy atom. The number of benzene rings is 1. The van der Waals surface area contributed by atoms with Crippen molar-refractivity contribution in [2.75, 3.05) is 17.7 Å². The molecule has 6 nitrogen and oxygen atoms in total. The number of nitrogens with zero attached hydrogens (tertiary/aromatic N) is 1. The van der Waals surface area contributed by atoms with Crippen molar-refractivity contribution in [3.63, 3.8) is 0 Å². The lowest BCUT2D eigenvalue weighted by atomic mass is 9.88. The first-order chi connectivity index (χ1) is 14.4. The Morgan fingerprint density at radius 1 is 1.43 bits per heavy atom. The summed E-state index contributed by atoms with van der Waals surface area (Å²) in [6, 6.07) is 5.42. The van der Waals surface area contributed by atoms with Gasteiger partial charge in [0.05, 0.1) is 29.0 Å². The molecule has 0 spiro atoms. The van der Waals surface area contributed by atoms with Crippen LogP contribution in [0.15, 0.2) is 23.4 Å². The molecule has 30 heavy (non-hydrogen) atoms. The number of carbonyl (C=O) groups is 2. The van der Waals surface area contributed by atoms with Gasteiger partial charge in [0.25, 0.3) is 0 Å². The van der Waals surface area contributed by atoms with Crippen LogP contribution in [0.5, 0.6) is 0 Å². The van der Waals surface area contributed by atoms with Crippen LogP contribution in [0.2, 0.25) is 5.02 Å². The van der Waals surface area contributed by atoms with Crippen molar-refractivity contribution in [3.05, 3.63) is 39.2 Å². The third kappa shape index (κ3) is 4.50. The molecule has 0 fully saturated rings. The number of imidazole rings is 1. The van der Waals surface area contributed by atoms with Crippen LogP contribution in [0.1, 0.15) is 41.1 Å². The number of anilines is 1. The van der Waals surface area contributed by atoms with Crippen LogP contribution in [0.3, 0.4) is 0 Å². The normalized spacial score (nSPS) is 15.8. The van der Waals surface area contributed by atoms with Crippen LogP contribution in [0, 0.1) is 5.92 Å². The number of hydrogen-bond donors (Lipinski definition) is 2. The fraction of sp³-hybridized carbons (Fsp3) is 0.381. The van der Waals surface area contributed by atoms with Gasteiger partial charge in [0.15, 0.2) is 5.16 Å². The van der Waals surface area contributed by atoms with Gasteiger partial charge in [0.2, 0.25) is 5.91 Å². The molecule has 0 saturated heterocycles. The van der Waals surface area contributed by atoms with Gasteiger partial charge in [0.1, 0.15) is 5.00 Å². The first kappa shape index (κ1) is 21.2. The van der Waals surface area contributed by atoms with E-state index in [0.717, 1.165) is 35.9 Å². The molecule has 4 rings (SSSR count). The Bertz CT molecular complexity index is 1110. The van der Waals surface area contributed by atoms with Gasteiger partial charge in [-0.1, -0.05) is 30.3 Å². The van der Waals surface area contributed by atoms with E-state index in [1.807, 2.05) is 6.07 Å². The zero-order valence-electron chi connectivity index (χ0n) is 16.7. The minimum absolute atomic E-state index is 0.175. The molecule has 158 valence electrons. The number of thiophene rings is 1. The molecule has 3 aromatic rings. The second kappa shape index (κ2) is 8.99. The summed E-state index contributed by atoms with van der Waals surface area (Å²) in [7, 11) is 0. The topological polar surface area (TPSA) is 84.1 Å². The van der Waals surface area contributed by atoms with Gasteiger partial charge < -0.3 is 15.0 Å². The number of H-pyrrole nitrogens is 1. The lowest BCUT2D eigenvalue weighted by Gasteiger charge is -2.18. The predicted octanol–water partition coefficient (Wildman–Crippen LogP) is 5.31. The van der Waals surface area contributed by atoms with Crippen LogP contribution >= 0.6 is 34.7 Å². The summed E-state index contributed by atoms with van der Waals surface area (Å²) in [5.74, 6) is 0.207. The third-order valence-electron chi connectivity index (χ3n) is 5.01. The van der Waals surface area contributed by atoms with Crippen molar-refractivity contribution in [1.29, 1.82) is 0 Å². The Balaban J connectivity index is 1.48. The quantitative estimate of drug-likeness (QED) is 0.382. The fourth-order valence-corrected chi connectivity index (χ4v) is 5.85. The fourth-order valence-electron chi connectivity index (χ4n) is 3.58. The minimum atomic E-state index is -0.360. The molecule has 0 radical (unpaired) electrons. The number of ether oxygens (including phenoxy) is 1. The second-order valence-electron chi connectivity index (χ2n) is 7.32. The summed E-state index contributed by atoms with van der Waals surface area (Å²) < 4.78 is 5.26. The van der Waals surface area contributed by atoms with Crippen molar-refractivity contribution >= 4 is 62.6 Å². The van der Waals surface area contributed by atoms with Crippen LogP contribution in [-0.2, 0) is 22.4 Å². The number of amides is 1. The number of nitrogens with one attached hydrogen (secondary N) is 2. The molecular formula is C21H22ClN3O3S2. The number of aromatic nitrogens is 2. The molecule has 2 heterocycles. The zero-order chi connectivity index (χ0) is 21.3. The lowest BCUT2D eigenvalue weighted by Crippen LogP contribution is -2.17. The lowest BCUT2D eigenvalue weighted by molar-refractivity contribution is -0.113. The molecule has 0 unspecified atom stereocenters. The molecule has 2 N–H and O–H groups in total. The van der Waals surface area contributed by atoms with Crippen molar-refractivity contribution in [1.82, 2.24) is 9.97 Å². The average Bonchev–Trinajstić information content (AvgIpc) is 3.26. The number of thioether (sulfide) groups is 1. The van der Waals surface area contributed by atoms with E-state index in [9.17, 15) is 9.59 Å². The summed E-state index contributed by atoms with van der Waals surface area (Å²) in [4.78, 5) is 34.0. The Kier molecular flexibility index (Phi) is 6.36. The van der Waals surface area contributed by atoms with E-state index in [1.54, 1.807) is 19.1 Å².